The smallest absolute Gasteiger partial charge is 0.322 e. The highest BCUT2D eigenvalue weighted by molar-refractivity contribution is 7.90. The summed E-state index contributed by atoms with van der Waals surface area (Å²) in [6.07, 6.45) is 2.83. The van der Waals surface area contributed by atoms with Crippen LogP contribution >= 0.6 is 0 Å². The first kappa shape index (κ1) is 12.8. The molecule has 0 radical (unpaired) electrons. The van der Waals surface area contributed by atoms with Crippen LogP contribution in [0.15, 0.2) is 0 Å². The maximum atomic E-state index is 12.2. The third-order valence-electron chi connectivity index (χ3n) is 3.73. The van der Waals surface area contributed by atoms with E-state index in [0.29, 0.717) is 19.4 Å². The molecule has 1 N–H and O–H groups in total. The van der Waals surface area contributed by atoms with Crippen LogP contribution in [0, 0.1) is 5.41 Å². The maximum Gasteiger partial charge on any atom is 0.322 e. The van der Waals surface area contributed by atoms with E-state index in [0.717, 1.165) is 12.8 Å². The Bertz CT molecular complexity index is 425. The number of hydrogen-bond donors (Lipinski definition) is 1. The topological polar surface area (TPSA) is 74.7 Å². The van der Waals surface area contributed by atoms with Crippen molar-refractivity contribution in [2.24, 2.45) is 5.41 Å². The number of nitrogens with zero attached hydrogens (tertiary/aromatic N) is 1. The van der Waals surface area contributed by atoms with Gasteiger partial charge in [0.2, 0.25) is 10.0 Å². The first-order chi connectivity index (χ1) is 7.77. The highest BCUT2D eigenvalue weighted by Crippen LogP contribution is 2.40. The third kappa shape index (κ3) is 2.20. The van der Waals surface area contributed by atoms with Gasteiger partial charge in [0.05, 0.1) is 5.25 Å². The lowest BCUT2D eigenvalue weighted by atomic mass is 9.77. The van der Waals surface area contributed by atoms with Crippen molar-refractivity contribution < 1.29 is 18.3 Å². The molecule has 0 aromatic heterocycles. The Morgan fingerprint density at radius 3 is 2.41 bits per heavy atom. The average molecular weight is 261 g/mol. The molecule has 0 spiro atoms. The molecule has 98 valence electrons. The lowest BCUT2D eigenvalue weighted by Crippen LogP contribution is -2.56. The van der Waals surface area contributed by atoms with E-state index in [2.05, 4.69) is 0 Å². The SMILES string of the molecule is CC1(C)CCCN(S(=O)(=O)C2CC2)C1C(=O)O. The molecule has 1 aliphatic carbocycles. The van der Waals surface area contributed by atoms with Crippen LogP contribution in [0.25, 0.3) is 0 Å². The molecule has 0 aromatic rings. The van der Waals surface area contributed by atoms with Gasteiger partial charge in [-0.3, -0.25) is 4.79 Å². The Balaban J connectivity index is 2.34. The average Bonchev–Trinajstić information content (AvgIpc) is 2.97. The van der Waals surface area contributed by atoms with Crippen molar-refractivity contribution in [3.05, 3.63) is 0 Å². The van der Waals surface area contributed by atoms with E-state index in [4.69, 9.17) is 0 Å². The molecule has 1 unspecified atom stereocenters. The summed E-state index contributed by atoms with van der Waals surface area (Å²) in [5.74, 6) is -1.03. The van der Waals surface area contributed by atoms with Crippen LogP contribution in [-0.4, -0.2) is 41.6 Å². The van der Waals surface area contributed by atoms with E-state index in [1.165, 1.54) is 4.31 Å². The molecule has 1 aliphatic heterocycles. The molecule has 0 amide bonds. The van der Waals surface area contributed by atoms with Gasteiger partial charge >= 0.3 is 5.97 Å². The van der Waals surface area contributed by atoms with Gasteiger partial charge in [0, 0.05) is 6.54 Å². The highest BCUT2D eigenvalue weighted by atomic mass is 32.2. The quantitative estimate of drug-likeness (QED) is 0.824. The summed E-state index contributed by atoms with van der Waals surface area (Å²) in [6, 6.07) is -0.915. The Morgan fingerprint density at radius 2 is 1.94 bits per heavy atom. The van der Waals surface area contributed by atoms with Crippen molar-refractivity contribution in [1.82, 2.24) is 4.31 Å². The summed E-state index contributed by atoms with van der Waals surface area (Å²) in [5.41, 5.74) is -0.494. The van der Waals surface area contributed by atoms with Crippen molar-refractivity contribution in [2.75, 3.05) is 6.54 Å². The van der Waals surface area contributed by atoms with Gasteiger partial charge in [0.1, 0.15) is 6.04 Å². The highest BCUT2D eigenvalue weighted by Gasteiger charge is 2.51. The first-order valence-electron chi connectivity index (χ1n) is 6.00. The second-order valence-corrected chi connectivity index (χ2v) is 7.85. The van der Waals surface area contributed by atoms with Crippen LogP contribution in [0.3, 0.4) is 0 Å². The number of hydrogen-bond acceptors (Lipinski definition) is 3. The van der Waals surface area contributed by atoms with Gasteiger partial charge in [-0.05, 0) is 31.1 Å². The summed E-state index contributed by atoms with van der Waals surface area (Å²) in [5, 5.41) is 8.97. The molecule has 1 heterocycles. The standard InChI is InChI=1S/C11H19NO4S/c1-11(2)6-3-7-12(9(11)10(13)14)17(15,16)8-4-5-8/h8-9H,3-7H2,1-2H3,(H,13,14). The van der Waals surface area contributed by atoms with E-state index in [1.807, 2.05) is 13.8 Å². The van der Waals surface area contributed by atoms with E-state index < -0.39 is 27.4 Å². The molecule has 5 nitrogen and oxygen atoms in total. The minimum absolute atomic E-state index is 0.335. The number of rotatable bonds is 3. The summed E-state index contributed by atoms with van der Waals surface area (Å²) < 4.78 is 25.7. The number of carbonyl (C=O) groups is 1. The number of piperidine rings is 1. The molecular weight excluding hydrogens is 242 g/mol. The van der Waals surface area contributed by atoms with Crippen LogP contribution in [0.4, 0.5) is 0 Å². The van der Waals surface area contributed by atoms with Crippen molar-refractivity contribution in [1.29, 1.82) is 0 Å². The summed E-state index contributed by atoms with van der Waals surface area (Å²) in [7, 11) is -3.40. The van der Waals surface area contributed by atoms with Crippen LogP contribution in [0.1, 0.15) is 39.5 Å². The fourth-order valence-corrected chi connectivity index (χ4v) is 4.80. The zero-order valence-corrected chi connectivity index (χ0v) is 11.0. The Labute approximate surface area is 102 Å². The lowest BCUT2D eigenvalue weighted by molar-refractivity contribution is -0.147. The van der Waals surface area contributed by atoms with Gasteiger partial charge in [-0.25, -0.2) is 8.42 Å². The fraction of sp³-hybridized carbons (Fsp3) is 0.909. The summed E-state index contributed by atoms with van der Waals surface area (Å²) in [4.78, 5) is 11.4. The molecule has 0 aromatic carbocycles. The molecule has 0 bridgehead atoms. The number of carboxylic acids is 1. The maximum absolute atomic E-state index is 12.2. The van der Waals surface area contributed by atoms with Crippen molar-refractivity contribution in [3.8, 4) is 0 Å². The zero-order valence-electron chi connectivity index (χ0n) is 10.2. The largest absolute Gasteiger partial charge is 0.480 e. The minimum Gasteiger partial charge on any atom is -0.480 e. The van der Waals surface area contributed by atoms with Gasteiger partial charge in [0.25, 0.3) is 0 Å². The van der Waals surface area contributed by atoms with Crippen LogP contribution < -0.4 is 0 Å². The second-order valence-electron chi connectivity index (χ2n) is 5.69. The molecule has 1 atom stereocenters. The zero-order chi connectivity index (χ0) is 12.8. The van der Waals surface area contributed by atoms with E-state index in [9.17, 15) is 18.3 Å². The molecule has 1 saturated carbocycles. The summed E-state index contributed by atoms with van der Waals surface area (Å²) >= 11 is 0. The van der Waals surface area contributed by atoms with Crippen LogP contribution in [-0.2, 0) is 14.8 Å². The van der Waals surface area contributed by atoms with Crippen LogP contribution in [0.2, 0.25) is 0 Å². The summed E-state index contributed by atoms with van der Waals surface area (Å²) in [6.45, 7) is 4.01. The Hall–Kier alpha value is -0.620. The first-order valence-corrected chi connectivity index (χ1v) is 7.50. The monoisotopic (exact) mass is 261 g/mol. The number of sulfonamides is 1. The van der Waals surface area contributed by atoms with Crippen molar-refractivity contribution in [2.45, 2.75) is 50.8 Å². The second kappa shape index (κ2) is 3.95. The fourth-order valence-electron chi connectivity index (χ4n) is 2.64. The van der Waals surface area contributed by atoms with E-state index >= 15 is 0 Å². The molecular formula is C11H19NO4S. The Morgan fingerprint density at radius 1 is 1.35 bits per heavy atom. The Kier molecular flexibility index (Phi) is 2.98. The van der Waals surface area contributed by atoms with Gasteiger partial charge in [-0.15, -0.1) is 0 Å². The predicted molar refractivity (Wildman–Crippen MR) is 63.1 cm³/mol. The molecule has 2 fully saturated rings. The normalized spacial score (nSPS) is 30.1. The van der Waals surface area contributed by atoms with Gasteiger partial charge in [-0.2, -0.15) is 4.31 Å². The molecule has 17 heavy (non-hydrogen) atoms. The predicted octanol–water partition coefficient (Wildman–Crippen LogP) is 1.05. The molecule has 2 aliphatic rings. The van der Waals surface area contributed by atoms with Gasteiger partial charge in [-0.1, -0.05) is 13.8 Å². The molecule has 1 saturated heterocycles. The number of aliphatic carboxylic acids is 1. The number of carboxylic acid groups (broad SMARTS) is 1. The minimum atomic E-state index is -3.40. The van der Waals surface area contributed by atoms with Gasteiger partial charge < -0.3 is 5.11 Å². The van der Waals surface area contributed by atoms with Crippen molar-refractivity contribution >= 4 is 16.0 Å². The van der Waals surface area contributed by atoms with E-state index in [1.54, 1.807) is 0 Å². The lowest BCUT2D eigenvalue weighted by Gasteiger charge is -2.43. The van der Waals surface area contributed by atoms with Crippen LogP contribution in [0.5, 0.6) is 0 Å². The van der Waals surface area contributed by atoms with E-state index in [-0.39, 0.29) is 5.25 Å². The third-order valence-corrected chi connectivity index (χ3v) is 6.10. The van der Waals surface area contributed by atoms with Crippen molar-refractivity contribution in [3.63, 3.8) is 0 Å². The molecule has 2 rings (SSSR count). The van der Waals surface area contributed by atoms with Gasteiger partial charge in [0.15, 0.2) is 0 Å². The molecule has 6 heteroatoms.